The third-order valence-corrected chi connectivity index (χ3v) is 6.14. The van der Waals surface area contributed by atoms with E-state index in [2.05, 4.69) is 12.2 Å². The van der Waals surface area contributed by atoms with Crippen LogP contribution < -0.4 is 14.8 Å². The Kier molecular flexibility index (Phi) is 6.26. The second kappa shape index (κ2) is 7.99. The van der Waals surface area contributed by atoms with Gasteiger partial charge in [-0.1, -0.05) is 6.92 Å². The number of ether oxygens (including phenoxy) is 2. The van der Waals surface area contributed by atoms with Crippen LogP contribution in [-0.2, 0) is 10.0 Å². The van der Waals surface area contributed by atoms with E-state index < -0.39 is 10.0 Å². The first-order chi connectivity index (χ1) is 11.0. The molecule has 0 atom stereocenters. The Bertz CT molecular complexity index is 611. The van der Waals surface area contributed by atoms with E-state index >= 15 is 0 Å². The summed E-state index contributed by atoms with van der Waals surface area (Å²) >= 11 is 0. The van der Waals surface area contributed by atoms with Gasteiger partial charge in [-0.3, -0.25) is 0 Å². The lowest BCUT2D eigenvalue weighted by molar-refractivity contribution is 0.268. The lowest BCUT2D eigenvalue weighted by Crippen LogP contribution is -2.40. The van der Waals surface area contributed by atoms with Crippen LogP contribution in [0, 0.1) is 5.92 Å². The van der Waals surface area contributed by atoms with Crippen LogP contribution in [0.4, 0.5) is 0 Å². The highest BCUT2D eigenvalue weighted by atomic mass is 32.2. The predicted molar refractivity (Wildman–Crippen MR) is 89.6 cm³/mol. The maximum atomic E-state index is 12.8. The highest BCUT2D eigenvalue weighted by molar-refractivity contribution is 7.89. The molecule has 1 saturated heterocycles. The third kappa shape index (κ3) is 4.16. The zero-order valence-corrected chi connectivity index (χ0v) is 14.9. The van der Waals surface area contributed by atoms with Gasteiger partial charge in [-0.25, -0.2) is 8.42 Å². The summed E-state index contributed by atoms with van der Waals surface area (Å²) in [6, 6.07) is 4.73. The molecule has 1 N–H and O–H groups in total. The first kappa shape index (κ1) is 18.0. The Morgan fingerprint density at radius 3 is 2.39 bits per heavy atom. The van der Waals surface area contributed by atoms with Crippen LogP contribution in [0.1, 0.15) is 19.8 Å². The molecule has 1 fully saturated rings. The van der Waals surface area contributed by atoms with Gasteiger partial charge in [-0.05, 0) is 44.0 Å². The van der Waals surface area contributed by atoms with Gasteiger partial charge >= 0.3 is 0 Å². The van der Waals surface area contributed by atoms with E-state index in [4.69, 9.17) is 9.47 Å². The van der Waals surface area contributed by atoms with Crippen molar-refractivity contribution in [2.45, 2.75) is 24.7 Å². The van der Waals surface area contributed by atoms with Crippen molar-refractivity contribution in [2.75, 3.05) is 40.4 Å². The molecule has 130 valence electrons. The molecule has 0 amide bonds. The zero-order chi connectivity index (χ0) is 16.9. The number of hydrogen-bond acceptors (Lipinski definition) is 5. The zero-order valence-electron chi connectivity index (χ0n) is 14.0. The lowest BCUT2D eigenvalue weighted by atomic mass is 9.98. The summed E-state index contributed by atoms with van der Waals surface area (Å²) < 4.78 is 37.5. The third-order valence-electron chi connectivity index (χ3n) is 4.25. The molecule has 7 heteroatoms. The van der Waals surface area contributed by atoms with E-state index in [1.54, 1.807) is 16.4 Å². The molecular weight excluding hydrogens is 316 g/mol. The number of hydrogen-bond donors (Lipinski definition) is 1. The van der Waals surface area contributed by atoms with Crippen molar-refractivity contribution < 1.29 is 17.9 Å². The van der Waals surface area contributed by atoms with Crippen LogP contribution in [0.3, 0.4) is 0 Å². The molecule has 1 aliphatic heterocycles. The number of benzene rings is 1. The van der Waals surface area contributed by atoms with E-state index in [1.807, 2.05) is 0 Å². The molecule has 0 spiro atoms. The Morgan fingerprint density at radius 1 is 1.17 bits per heavy atom. The largest absolute Gasteiger partial charge is 0.493 e. The summed E-state index contributed by atoms with van der Waals surface area (Å²) in [4.78, 5) is 0.250. The normalized spacial score (nSPS) is 17.2. The molecule has 23 heavy (non-hydrogen) atoms. The van der Waals surface area contributed by atoms with Gasteiger partial charge in [0.05, 0.1) is 19.1 Å². The quantitative estimate of drug-likeness (QED) is 0.817. The molecule has 0 saturated carbocycles. The number of sulfonamides is 1. The highest BCUT2D eigenvalue weighted by Crippen LogP contribution is 2.31. The molecular formula is C16H26N2O4S. The minimum atomic E-state index is -3.49. The SMILES string of the molecule is CCNCC1CCN(S(=O)(=O)c2ccc(OC)c(OC)c2)CC1. The van der Waals surface area contributed by atoms with Crippen LogP contribution >= 0.6 is 0 Å². The minimum Gasteiger partial charge on any atom is -0.493 e. The Morgan fingerprint density at radius 2 is 1.83 bits per heavy atom. The smallest absolute Gasteiger partial charge is 0.243 e. The summed E-state index contributed by atoms with van der Waals surface area (Å²) in [6.45, 7) is 5.11. The molecule has 1 heterocycles. The van der Waals surface area contributed by atoms with Gasteiger partial charge in [0.2, 0.25) is 10.0 Å². The van der Waals surface area contributed by atoms with Gasteiger partial charge in [-0.2, -0.15) is 4.31 Å². The average molecular weight is 342 g/mol. The van der Waals surface area contributed by atoms with E-state index in [-0.39, 0.29) is 4.90 Å². The van der Waals surface area contributed by atoms with Gasteiger partial charge in [0.15, 0.2) is 11.5 Å². The van der Waals surface area contributed by atoms with Crippen molar-refractivity contribution in [1.82, 2.24) is 9.62 Å². The number of piperidine rings is 1. The number of rotatable bonds is 7. The second-order valence-electron chi connectivity index (χ2n) is 5.67. The summed E-state index contributed by atoms with van der Waals surface area (Å²) in [5.74, 6) is 1.50. The van der Waals surface area contributed by atoms with Gasteiger partial charge < -0.3 is 14.8 Å². The molecule has 0 aromatic heterocycles. The van der Waals surface area contributed by atoms with Crippen molar-refractivity contribution in [2.24, 2.45) is 5.92 Å². The van der Waals surface area contributed by atoms with Crippen molar-refractivity contribution in [1.29, 1.82) is 0 Å². The number of nitrogens with zero attached hydrogens (tertiary/aromatic N) is 1. The fourth-order valence-corrected chi connectivity index (χ4v) is 4.31. The summed E-state index contributed by atoms with van der Waals surface area (Å²) in [7, 11) is -0.457. The second-order valence-corrected chi connectivity index (χ2v) is 7.61. The number of methoxy groups -OCH3 is 2. The van der Waals surface area contributed by atoms with E-state index in [0.29, 0.717) is 30.5 Å². The Labute approximate surface area is 138 Å². The number of nitrogens with one attached hydrogen (secondary N) is 1. The molecule has 1 aromatic rings. The fraction of sp³-hybridized carbons (Fsp3) is 0.625. The molecule has 1 aliphatic rings. The maximum Gasteiger partial charge on any atom is 0.243 e. The summed E-state index contributed by atoms with van der Waals surface area (Å²) in [5, 5.41) is 3.33. The van der Waals surface area contributed by atoms with Crippen LogP contribution in [0.2, 0.25) is 0 Å². The van der Waals surface area contributed by atoms with Crippen molar-refractivity contribution in [3.63, 3.8) is 0 Å². The van der Waals surface area contributed by atoms with Gasteiger partial charge in [0.1, 0.15) is 0 Å². The van der Waals surface area contributed by atoms with Crippen molar-refractivity contribution >= 4 is 10.0 Å². The molecule has 2 rings (SSSR count). The first-order valence-corrected chi connectivity index (χ1v) is 9.39. The van der Waals surface area contributed by atoms with Gasteiger partial charge in [0, 0.05) is 19.2 Å². The molecule has 1 aromatic carbocycles. The predicted octanol–water partition coefficient (Wildman–Crippen LogP) is 1.71. The molecule has 0 bridgehead atoms. The Hall–Kier alpha value is -1.31. The van der Waals surface area contributed by atoms with Crippen molar-refractivity contribution in [3.05, 3.63) is 18.2 Å². The average Bonchev–Trinajstić information content (AvgIpc) is 2.59. The minimum absolute atomic E-state index is 0.250. The van der Waals surface area contributed by atoms with E-state index in [1.165, 1.54) is 20.3 Å². The molecule has 0 radical (unpaired) electrons. The first-order valence-electron chi connectivity index (χ1n) is 7.95. The standard InChI is InChI=1S/C16H26N2O4S/c1-4-17-12-13-7-9-18(10-8-13)23(19,20)14-5-6-15(21-2)16(11-14)22-3/h5-6,11,13,17H,4,7-10,12H2,1-3H3. The lowest BCUT2D eigenvalue weighted by Gasteiger charge is -2.31. The van der Waals surface area contributed by atoms with Crippen LogP contribution in [-0.4, -0.2) is 53.1 Å². The van der Waals surface area contributed by atoms with Crippen molar-refractivity contribution in [3.8, 4) is 11.5 Å². The fourth-order valence-electron chi connectivity index (χ4n) is 2.83. The summed E-state index contributed by atoms with van der Waals surface area (Å²) in [6.07, 6.45) is 1.78. The molecule has 0 aliphatic carbocycles. The highest BCUT2D eigenvalue weighted by Gasteiger charge is 2.29. The topological polar surface area (TPSA) is 67.9 Å². The maximum absolute atomic E-state index is 12.8. The van der Waals surface area contributed by atoms with Gasteiger partial charge in [0.25, 0.3) is 0 Å². The van der Waals surface area contributed by atoms with E-state index in [0.717, 1.165) is 25.9 Å². The summed E-state index contributed by atoms with van der Waals surface area (Å²) in [5.41, 5.74) is 0. The van der Waals surface area contributed by atoms with Crippen LogP contribution in [0.5, 0.6) is 11.5 Å². The Balaban J connectivity index is 2.10. The monoisotopic (exact) mass is 342 g/mol. The molecule has 0 unspecified atom stereocenters. The van der Waals surface area contributed by atoms with E-state index in [9.17, 15) is 8.42 Å². The van der Waals surface area contributed by atoms with Gasteiger partial charge in [-0.15, -0.1) is 0 Å². The molecule has 6 nitrogen and oxygen atoms in total. The van der Waals surface area contributed by atoms with Crippen LogP contribution in [0.25, 0.3) is 0 Å². The van der Waals surface area contributed by atoms with Crippen LogP contribution in [0.15, 0.2) is 23.1 Å².